The van der Waals surface area contributed by atoms with Crippen molar-refractivity contribution in [3.8, 4) is 0 Å². The average molecular weight is 200 g/mol. The molecule has 1 aromatic rings. The lowest BCUT2D eigenvalue weighted by molar-refractivity contribution is 0.0991. The molecule has 14 heavy (non-hydrogen) atoms. The third-order valence-corrected chi connectivity index (χ3v) is 0.972. The maximum atomic E-state index is 10.2. The van der Waals surface area contributed by atoms with Crippen LogP contribution in [0.3, 0.4) is 0 Å². The van der Waals surface area contributed by atoms with Crippen LogP contribution in [0.15, 0.2) is 17.7 Å². The Bertz CT molecular complexity index is 270. The van der Waals surface area contributed by atoms with E-state index in [0.29, 0.717) is 0 Å². The van der Waals surface area contributed by atoms with Crippen molar-refractivity contribution in [1.29, 1.82) is 0 Å². The first kappa shape index (κ1) is 12.0. The second kappa shape index (κ2) is 6.54. The number of nitrogens with one attached hydrogen (secondary N) is 2. The van der Waals surface area contributed by atoms with Crippen LogP contribution in [0.5, 0.6) is 0 Å². The van der Waals surface area contributed by atoms with Gasteiger partial charge < -0.3 is 10.7 Å². The van der Waals surface area contributed by atoms with Crippen molar-refractivity contribution in [2.24, 2.45) is 11.0 Å². The predicted octanol–water partition coefficient (Wildman–Crippen LogP) is -0.757. The van der Waals surface area contributed by atoms with Gasteiger partial charge in [0.05, 0.1) is 5.29 Å². The van der Waals surface area contributed by atoms with Crippen LogP contribution in [0, 0.1) is 4.91 Å². The number of rotatable bonds is 3. The number of carbonyl (C=O) groups excluding carboxylic acids is 1. The van der Waals surface area contributed by atoms with Gasteiger partial charge in [-0.1, -0.05) is 0 Å². The second-order valence-corrected chi connectivity index (χ2v) is 2.39. The fourth-order valence-corrected chi connectivity index (χ4v) is 0.482. The summed E-state index contributed by atoms with van der Waals surface area (Å²) in [6.45, 7) is 0. The van der Waals surface area contributed by atoms with Crippen LogP contribution in [0.25, 0.3) is 0 Å². The molecule has 0 atom stereocenters. The third-order valence-electron chi connectivity index (χ3n) is 0.972. The van der Waals surface area contributed by atoms with Crippen LogP contribution >= 0.6 is 0 Å². The standard InChI is InChI=1S/C4H5N3O.C2H7N3O/c5-3(8)4-6-1-2-7-4;1-5(2)3-4-6/h1-2H,(H2,5,8)(H,6,7);1-2H3,(H,3,6). The zero-order chi connectivity index (χ0) is 11.0. The molecular weight excluding hydrogens is 188 g/mol. The molecule has 0 fully saturated rings. The Morgan fingerprint density at radius 3 is 2.50 bits per heavy atom. The lowest BCUT2D eigenvalue weighted by Crippen LogP contribution is -2.23. The summed E-state index contributed by atoms with van der Waals surface area (Å²) in [5, 5.41) is 3.81. The second-order valence-electron chi connectivity index (χ2n) is 2.39. The summed E-state index contributed by atoms with van der Waals surface area (Å²) >= 11 is 0. The number of nitrogens with zero attached hydrogens (tertiary/aromatic N) is 3. The number of aromatic amines is 1. The van der Waals surface area contributed by atoms with Gasteiger partial charge in [0.2, 0.25) is 0 Å². The first-order valence-corrected chi connectivity index (χ1v) is 3.62. The van der Waals surface area contributed by atoms with Crippen molar-refractivity contribution in [3.63, 3.8) is 0 Å². The highest BCUT2D eigenvalue weighted by molar-refractivity contribution is 5.88. The molecule has 0 saturated carbocycles. The number of aromatic nitrogens is 2. The summed E-state index contributed by atoms with van der Waals surface area (Å²) in [7, 11) is 3.36. The lowest BCUT2D eigenvalue weighted by Gasteiger charge is -2.00. The molecule has 0 saturated heterocycles. The molecule has 0 aliphatic heterocycles. The van der Waals surface area contributed by atoms with Crippen molar-refractivity contribution < 1.29 is 4.79 Å². The Kier molecular flexibility index (Phi) is 5.63. The molecular formula is C6H12N6O2. The zero-order valence-electron chi connectivity index (χ0n) is 7.89. The minimum Gasteiger partial charge on any atom is -0.363 e. The molecule has 0 bridgehead atoms. The molecule has 8 nitrogen and oxygen atoms in total. The van der Waals surface area contributed by atoms with E-state index in [1.165, 1.54) is 11.2 Å². The van der Waals surface area contributed by atoms with E-state index in [4.69, 9.17) is 5.73 Å². The minimum absolute atomic E-state index is 0.199. The van der Waals surface area contributed by atoms with E-state index in [9.17, 15) is 9.70 Å². The number of H-pyrrole nitrogens is 1. The first-order valence-electron chi connectivity index (χ1n) is 3.62. The summed E-state index contributed by atoms with van der Waals surface area (Å²) in [5.41, 5.74) is 6.94. The Hall–Kier alpha value is -1.96. The van der Waals surface area contributed by atoms with Crippen LogP contribution in [0.4, 0.5) is 0 Å². The first-order chi connectivity index (χ1) is 6.57. The van der Waals surface area contributed by atoms with Gasteiger partial charge >= 0.3 is 0 Å². The average Bonchev–Trinajstić information content (AvgIpc) is 2.56. The summed E-state index contributed by atoms with van der Waals surface area (Å²) in [4.78, 5) is 25.5. The molecule has 1 rings (SSSR count). The number of carbonyl (C=O) groups is 1. The van der Waals surface area contributed by atoms with E-state index in [1.54, 1.807) is 20.3 Å². The normalized spacial score (nSPS) is 8.79. The molecule has 1 aromatic heterocycles. The van der Waals surface area contributed by atoms with E-state index in [2.05, 4.69) is 20.8 Å². The topological polar surface area (TPSA) is 116 Å². The van der Waals surface area contributed by atoms with Crippen molar-refractivity contribution in [2.75, 3.05) is 14.1 Å². The molecule has 1 amide bonds. The van der Waals surface area contributed by atoms with Crippen molar-refractivity contribution in [1.82, 2.24) is 20.5 Å². The number of hydrazine groups is 1. The van der Waals surface area contributed by atoms with Gasteiger partial charge in [-0.2, -0.15) is 0 Å². The summed E-state index contributed by atoms with van der Waals surface area (Å²) in [6, 6.07) is 0. The third kappa shape index (κ3) is 5.66. The predicted molar refractivity (Wildman–Crippen MR) is 49.7 cm³/mol. The van der Waals surface area contributed by atoms with Gasteiger partial charge in [0.25, 0.3) is 5.91 Å². The Balaban J connectivity index is 0.000000255. The van der Waals surface area contributed by atoms with Crippen LogP contribution in [0.2, 0.25) is 0 Å². The van der Waals surface area contributed by atoms with Gasteiger partial charge in [-0.25, -0.2) is 15.5 Å². The van der Waals surface area contributed by atoms with Gasteiger partial charge in [0.1, 0.15) is 0 Å². The number of nitroso groups, excluding NO2 is 1. The van der Waals surface area contributed by atoms with Gasteiger partial charge in [0.15, 0.2) is 5.82 Å². The smallest absolute Gasteiger partial charge is 0.284 e. The highest BCUT2D eigenvalue weighted by Gasteiger charge is 1.97. The van der Waals surface area contributed by atoms with Crippen LogP contribution in [-0.4, -0.2) is 35.0 Å². The van der Waals surface area contributed by atoms with Crippen molar-refractivity contribution in [3.05, 3.63) is 23.1 Å². The molecule has 0 unspecified atom stereocenters. The largest absolute Gasteiger partial charge is 0.363 e. The summed E-state index contributed by atoms with van der Waals surface area (Å²) in [6.07, 6.45) is 3.01. The summed E-state index contributed by atoms with van der Waals surface area (Å²) < 4.78 is 0. The van der Waals surface area contributed by atoms with Gasteiger partial charge in [-0.3, -0.25) is 4.79 Å². The zero-order valence-corrected chi connectivity index (χ0v) is 7.89. The molecule has 4 N–H and O–H groups in total. The van der Waals surface area contributed by atoms with Gasteiger partial charge in [-0.15, -0.1) is 4.91 Å². The maximum absolute atomic E-state index is 10.2. The summed E-state index contributed by atoms with van der Waals surface area (Å²) in [5.74, 6) is -0.333. The molecule has 78 valence electrons. The molecule has 0 aromatic carbocycles. The van der Waals surface area contributed by atoms with Crippen molar-refractivity contribution in [2.45, 2.75) is 0 Å². The van der Waals surface area contributed by atoms with Crippen LogP contribution in [0.1, 0.15) is 10.6 Å². The van der Waals surface area contributed by atoms with Crippen LogP contribution < -0.4 is 11.3 Å². The Labute approximate surface area is 80.4 Å². The number of hydrogen-bond acceptors (Lipinski definition) is 5. The molecule has 0 aliphatic rings. The quantitative estimate of drug-likeness (QED) is 0.438. The molecule has 1 heterocycles. The molecule has 0 aliphatic carbocycles. The van der Waals surface area contributed by atoms with E-state index >= 15 is 0 Å². The maximum Gasteiger partial charge on any atom is 0.284 e. The fourth-order valence-electron chi connectivity index (χ4n) is 0.482. The lowest BCUT2D eigenvalue weighted by atomic mass is 10.6. The number of primary amides is 1. The van der Waals surface area contributed by atoms with Gasteiger partial charge in [-0.05, 0) is 0 Å². The highest BCUT2D eigenvalue weighted by atomic mass is 16.3. The SMILES string of the molecule is CN(C)NN=O.NC(=O)c1ncc[nH]1. The highest BCUT2D eigenvalue weighted by Crippen LogP contribution is 1.82. The fraction of sp³-hybridized carbons (Fsp3) is 0.333. The number of imidazole rings is 1. The van der Waals surface area contributed by atoms with Gasteiger partial charge in [0, 0.05) is 26.5 Å². The molecule has 0 spiro atoms. The van der Waals surface area contributed by atoms with E-state index in [0.717, 1.165) is 0 Å². The number of nitrogens with two attached hydrogens (primary N) is 1. The minimum atomic E-state index is -0.532. The van der Waals surface area contributed by atoms with Crippen molar-refractivity contribution >= 4 is 5.91 Å². The number of hydrogen-bond donors (Lipinski definition) is 3. The van der Waals surface area contributed by atoms with Crippen LogP contribution in [-0.2, 0) is 0 Å². The molecule has 8 heteroatoms. The number of amides is 1. The Morgan fingerprint density at radius 1 is 1.71 bits per heavy atom. The van der Waals surface area contributed by atoms with E-state index < -0.39 is 5.91 Å². The molecule has 0 radical (unpaired) electrons. The Morgan fingerprint density at radius 2 is 2.36 bits per heavy atom. The van der Waals surface area contributed by atoms with E-state index in [1.807, 2.05) is 0 Å². The monoisotopic (exact) mass is 200 g/mol. The van der Waals surface area contributed by atoms with E-state index in [-0.39, 0.29) is 5.82 Å².